The van der Waals surface area contributed by atoms with E-state index >= 15 is 0 Å². The molecule has 2 heterocycles. The van der Waals surface area contributed by atoms with Gasteiger partial charge in [-0.25, -0.2) is 0 Å². The lowest BCUT2D eigenvalue weighted by molar-refractivity contribution is 0.0680. The minimum absolute atomic E-state index is 0.0373. The molecule has 1 aliphatic heterocycles. The molecule has 2 rings (SSSR count). The summed E-state index contributed by atoms with van der Waals surface area (Å²) in [6.45, 7) is 11.8. The molecular formula is C20H31N3O3. The summed E-state index contributed by atoms with van der Waals surface area (Å²) in [5.74, 6) is 0.0256. The van der Waals surface area contributed by atoms with Gasteiger partial charge in [0.1, 0.15) is 11.1 Å². The van der Waals surface area contributed by atoms with Gasteiger partial charge in [-0.2, -0.15) is 0 Å². The van der Waals surface area contributed by atoms with Gasteiger partial charge in [0.25, 0.3) is 11.8 Å². The van der Waals surface area contributed by atoms with Crippen molar-refractivity contribution in [2.45, 2.75) is 53.5 Å². The van der Waals surface area contributed by atoms with Crippen molar-refractivity contribution in [1.82, 2.24) is 14.8 Å². The Bertz CT molecular complexity index is 722. The topological polar surface area (TPSA) is 71.4 Å². The molecule has 0 saturated carbocycles. The summed E-state index contributed by atoms with van der Waals surface area (Å²) in [5.41, 5.74) is -0.355. The van der Waals surface area contributed by atoms with Gasteiger partial charge in [0.2, 0.25) is 5.43 Å². The third kappa shape index (κ3) is 4.74. The van der Waals surface area contributed by atoms with E-state index < -0.39 is 11.3 Å². The van der Waals surface area contributed by atoms with Crippen LogP contribution in [0.4, 0.5) is 0 Å². The molecule has 0 unspecified atom stereocenters. The van der Waals surface area contributed by atoms with Gasteiger partial charge in [-0.3, -0.25) is 14.4 Å². The molecular weight excluding hydrogens is 330 g/mol. The highest BCUT2D eigenvalue weighted by atomic mass is 16.2. The van der Waals surface area contributed by atoms with Crippen molar-refractivity contribution >= 4 is 11.8 Å². The van der Waals surface area contributed by atoms with Crippen molar-refractivity contribution in [2.24, 2.45) is 11.8 Å². The van der Waals surface area contributed by atoms with Crippen molar-refractivity contribution in [3.05, 3.63) is 33.7 Å². The Labute approximate surface area is 155 Å². The summed E-state index contributed by atoms with van der Waals surface area (Å²) in [6.07, 6.45) is 5.18. The molecule has 1 aromatic heterocycles. The maximum Gasteiger partial charge on any atom is 0.259 e. The Morgan fingerprint density at radius 3 is 2.42 bits per heavy atom. The van der Waals surface area contributed by atoms with Crippen LogP contribution < -0.4 is 10.7 Å². The summed E-state index contributed by atoms with van der Waals surface area (Å²) in [4.78, 5) is 40.1. The number of hydrogen-bond donors (Lipinski definition) is 1. The molecule has 1 atom stereocenters. The van der Waals surface area contributed by atoms with Crippen molar-refractivity contribution in [3.63, 3.8) is 0 Å². The van der Waals surface area contributed by atoms with E-state index in [0.29, 0.717) is 25.6 Å². The van der Waals surface area contributed by atoms with Gasteiger partial charge < -0.3 is 14.8 Å². The molecule has 6 nitrogen and oxygen atoms in total. The van der Waals surface area contributed by atoms with Crippen LogP contribution in [0.2, 0.25) is 0 Å². The number of carbonyl (C=O) groups excluding carboxylic acids is 2. The zero-order valence-corrected chi connectivity index (χ0v) is 16.5. The first-order valence-corrected chi connectivity index (χ1v) is 9.54. The van der Waals surface area contributed by atoms with E-state index in [1.807, 2.05) is 27.7 Å². The van der Waals surface area contributed by atoms with E-state index in [4.69, 9.17) is 0 Å². The number of likely N-dealkylation sites (tertiary alicyclic amines) is 1. The average Bonchev–Trinajstić information content (AvgIpc) is 2.59. The third-order valence-corrected chi connectivity index (χ3v) is 4.73. The number of hydrogen-bond acceptors (Lipinski definition) is 3. The molecule has 0 bridgehead atoms. The van der Waals surface area contributed by atoms with E-state index in [-0.39, 0.29) is 29.0 Å². The lowest BCUT2D eigenvalue weighted by Gasteiger charge is -2.31. The Balaban J connectivity index is 2.40. The second-order valence-corrected chi connectivity index (χ2v) is 8.06. The minimum Gasteiger partial charge on any atom is -0.352 e. The lowest BCUT2D eigenvalue weighted by Crippen LogP contribution is -2.42. The number of nitrogens with zero attached hydrogens (tertiary/aromatic N) is 2. The summed E-state index contributed by atoms with van der Waals surface area (Å²) in [7, 11) is 0. The van der Waals surface area contributed by atoms with Crippen molar-refractivity contribution in [3.8, 4) is 0 Å². The van der Waals surface area contributed by atoms with Crippen LogP contribution in [0.3, 0.4) is 0 Å². The number of carbonyl (C=O) groups is 2. The number of rotatable bonds is 5. The molecule has 1 saturated heterocycles. The van der Waals surface area contributed by atoms with Crippen LogP contribution in [0.25, 0.3) is 0 Å². The number of amides is 2. The Kier molecular flexibility index (Phi) is 6.62. The molecule has 1 N–H and O–H groups in total. The van der Waals surface area contributed by atoms with Gasteiger partial charge in [-0.15, -0.1) is 0 Å². The predicted molar refractivity (Wildman–Crippen MR) is 103 cm³/mol. The Morgan fingerprint density at radius 2 is 1.85 bits per heavy atom. The van der Waals surface area contributed by atoms with Crippen molar-refractivity contribution < 1.29 is 9.59 Å². The minimum atomic E-state index is -0.480. The summed E-state index contributed by atoms with van der Waals surface area (Å²) < 4.78 is 1.77. The van der Waals surface area contributed by atoms with Crippen LogP contribution >= 0.6 is 0 Å². The van der Waals surface area contributed by atoms with E-state index in [1.54, 1.807) is 21.9 Å². The maximum atomic E-state index is 13.0. The third-order valence-electron chi connectivity index (χ3n) is 4.73. The molecule has 0 radical (unpaired) electrons. The zero-order valence-electron chi connectivity index (χ0n) is 16.5. The fourth-order valence-corrected chi connectivity index (χ4v) is 3.15. The van der Waals surface area contributed by atoms with Crippen molar-refractivity contribution in [2.75, 3.05) is 19.6 Å². The largest absolute Gasteiger partial charge is 0.352 e. The summed E-state index contributed by atoms with van der Waals surface area (Å²) >= 11 is 0. The number of aromatic nitrogens is 1. The second-order valence-electron chi connectivity index (χ2n) is 8.06. The molecule has 0 aromatic carbocycles. The quantitative estimate of drug-likeness (QED) is 0.876. The second kappa shape index (κ2) is 8.52. The number of nitrogens with one attached hydrogen (secondary N) is 1. The Morgan fingerprint density at radius 1 is 1.19 bits per heavy atom. The van der Waals surface area contributed by atoms with E-state index in [1.165, 1.54) is 0 Å². The predicted octanol–water partition coefficient (Wildman–Crippen LogP) is 2.69. The van der Waals surface area contributed by atoms with E-state index in [9.17, 15) is 14.4 Å². The maximum absolute atomic E-state index is 13.0. The molecule has 6 heteroatoms. The van der Waals surface area contributed by atoms with Crippen LogP contribution in [0.15, 0.2) is 17.2 Å². The highest BCUT2D eigenvalue weighted by Crippen LogP contribution is 2.18. The molecule has 0 spiro atoms. The number of pyridine rings is 1. The highest BCUT2D eigenvalue weighted by Gasteiger charge is 2.26. The van der Waals surface area contributed by atoms with E-state index in [2.05, 4.69) is 12.2 Å². The molecule has 1 aliphatic rings. The SMILES string of the molecule is CC(C)CNC(=O)c1cn(C(C)C)cc(C(=O)N2CCC[C@@H](C)C2)c1=O. The highest BCUT2D eigenvalue weighted by molar-refractivity contribution is 5.99. The molecule has 1 fully saturated rings. The van der Waals surface area contributed by atoms with Crippen LogP contribution in [0.5, 0.6) is 0 Å². The monoisotopic (exact) mass is 361 g/mol. The van der Waals surface area contributed by atoms with Gasteiger partial charge >= 0.3 is 0 Å². The fourth-order valence-electron chi connectivity index (χ4n) is 3.15. The number of piperidine rings is 1. The van der Waals surface area contributed by atoms with Crippen LogP contribution in [0, 0.1) is 11.8 Å². The van der Waals surface area contributed by atoms with Gasteiger partial charge in [0, 0.05) is 38.1 Å². The van der Waals surface area contributed by atoms with Gasteiger partial charge in [-0.05, 0) is 38.5 Å². The van der Waals surface area contributed by atoms with Gasteiger partial charge in [-0.1, -0.05) is 20.8 Å². The summed E-state index contributed by atoms with van der Waals surface area (Å²) in [6, 6.07) is 0.0408. The average molecular weight is 361 g/mol. The molecule has 1 aromatic rings. The molecule has 144 valence electrons. The smallest absolute Gasteiger partial charge is 0.259 e. The van der Waals surface area contributed by atoms with Gasteiger partial charge in [0.05, 0.1) is 0 Å². The normalized spacial score (nSPS) is 17.7. The van der Waals surface area contributed by atoms with Crippen molar-refractivity contribution in [1.29, 1.82) is 0 Å². The zero-order chi connectivity index (χ0) is 19.4. The molecule has 0 aliphatic carbocycles. The first kappa shape index (κ1) is 20.2. The van der Waals surface area contributed by atoms with E-state index in [0.717, 1.165) is 12.8 Å². The summed E-state index contributed by atoms with van der Waals surface area (Å²) in [5, 5.41) is 2.78. The molecule has 26 heavy (non-hydrogen) atoms. The fraction of sp³-hybridized carbons (Fsp3) is 0.650. The van der Waals surface area contributed by atoms with Crippen LogP contribution in [-0.4, -0.2) is 40.9 Å². The van der Waals surface area contributed by atoms with Crippen LogP contribution in [-0.2, 0) is 0 Å². The first-order valence-electron chi connectivity index (χ1n) is 9.54. The van der Waals surface area contributed by atoms with Crippen LogP contribution in [0.1, 0.15) is 74.2 Å². The molecule has 2 amide bonds. The Hall–Kier alpha value is -2.11. The van der Waals surface area contributed by atoms with Gasteiger partial charge in [0.15, 0.2) is 0 Å². The first-order chi connectivity index (χ1) is 12.2. The lowest BCUT2D eigenvalue weighted by atomic mass is 9.99. The standard InChI is InChI=1S/C20H31N3O3/c1-13(2)9-21-19(25)16-11-23(14(3)4)12-17(18(16)24)20(26)22-8-6-7-15(5)10-22/h11-15H,6-10H2,1-5H3,(H,21,25)/t15-/m1/s1.